The first-order chi connectivity index (χ1) is 11.1. The molecule has 0 aliphatic rings. The summed E-state index contributed by atoms with van der Waals surface area (Å²) in [6.07, 6.45) is 2.01. The average molecular weight is 434 g/mol. The fourth-order valence-corrected chi connectivity index (χ4v) is 3.45. The SMILES string of the molecule is CSc1cc(-c2ccccc2O)nc(N)c1-c1ccc(I)cc1. The number of rotatable bonds is 3. The van der Waals surface area contributed by atoms with E-state index in [1.165, 1.54) is 3.57 Å². The maximum absolute atomic E-state index is 10.0. The van der Waals surface area contributed by atoms with Crippen molar-refractivity contribution in [2.24, 2.45) is 0 Å². The van der Waals surface area contributed by atoms with Gasteiger partial charge in [0.15, 0.2) is 0 Å². The van der Waals surface area contributed by atoms with Gasteiger partial charge in [-0.3, -0.25) is 0 Å². The van der Waals surface area contributed by atoms with Gasteiger partial charge in [0.25, 0.3) is 0 Å². The number of thioether (sulfide) groups is 1. The molecule has 0 radical (unpaired) electrons. The third kappa shape index (κ3) is 3.30. The van der Waals surface area contributed by atoms with E-state index in [1.807, 2.05) is 24.5 Å². The largest absolute Gasteiger partial charge is 0.507 e. The maximum Gasteiger partial charge on any atom is 0.133 e. The molecule has 0 fully saturated rings. The highest BCUT2D eigenvalue weighted by atomic mass is 127. The normalized spacial score (nSPS) is 10.7. The monoisotopic (exact) mass is 434 g/mol. The van der Waals surface area contributed by atoms with E-state index in [-0.39, 0.29) is 5.75 Å². The molecule has 0 bridgehead atoms. The van der Waals surface area contributed by atoms with Crippen molar-refractivity contribution < 1.29 is 5.11 Å². The topological polar surface area (TPSA) is 59.1 Å². The molecular weight excluding hydrogens is 419 g/mol. The molecule has 0 atom stereocenters. The number of nitrogen functional groups attached to an aromatic ring is 1. The minimum atomic E-state index is 0.202. The number of halogens is 1. The predicted octanol–water partition coefficient (Wildman–Crippen LogP) is 5.03. The Labute approximate surface area is 153 Å². The van der Waals surface area contributed by atoms with E-state index in [4.69, 9.17) is 5.73 Å². The summed E-state index contributed by atoms with van der Waals surface area (Å²) in [5, 5.41) is 10.0. The highest BCUT2D eigenvalue weighted by molar-refractivity contribution is 14.1. The number of para-hydroxylation sites is 1. The summed E-state index contributed by atoms with van der Waals surface area (Å²) in [6.45, 7) is 0. The number of phenols is 1. The zero-order chi connectivity index (χ0) is 16.4. The highest BCUT2D eigenvalue weighted by Crippen LogP contribution is 2.38. The lowest BCUT2D eigenvalue weighted by Gasteiger charge is -2.13. The van der Waals surface area contributed by atoms with Crippen molar-refractivity contribution in [2.75, 3.05) is 12.0 Å². The quantitative estimate of drug-likeness (QED) is 0.449. The molecule has 5 heteroatoms. The summed E-state index contributed by atoms with van der Waals surface area (Å²) in [5.41, 5.74) is 9.59. The van der Waals surface area contributed by atoms with Crippen LogP contribution in [0.5, 0.6) is 5.75 Å². The van der Waals surface area contributed by atoms with E-state index in [0.29, 0.717) is 17.1 Å². The lowest BCUT2D eigenvalue weighted by molar-refractivity contribution is 0.477. The number of phenolic OH excluding ortho intramolecular Hbond substituents is 1. The summed E-state index contributed by atoms with van der Waals surface area (Å²) >= 11 is 3.90. The Morgan fingerprint density at radius 1 is 1.09 bits per heavy atom. The van der Waals surface area contributed by atoms with Crippen LogP contribution in [-0.4, -0.2) is 16.3 Å². The van der Waals surface area contributed by atoms with E-state index in [0.717, 1.165) is 16.0 Å². The molecule has 0 unspecified atom stereocenters. The van der Waals surface area contributed by atoms with Crippen LogP contribution in [0.25, 0.3) is 22.4 Å². The molecule has 0 aliphatic carbocycles. The van der Waals surface area contributed by atoms with Crippen LogP contribution in [0.2, 0.25) is 0 Å². The maximum atomic E-state index is 10.0. The van der Waals surface area contributed by atoms with Gasteiger partial charge in [0, 0.05) is 19.6 Å². The van der Waals surface area contributed by atoms with Crippen molar-refractivity contribution in [3.05, 3.63) is 58.2 Å². The summed E-state index contributed by atoms with van der Waals surface area (Å²) in [6, 6.07) is 17.3. The molecule has 1 heterocycles. The van der Waals surface area contributed by atoms with Crippen molar-refractivity contribution in [3.63, 3.8) is 0 Å². The lowest BCUT2D eigenvalue weighted by atomic mass is 10.0. The molecule has 0 amide bonds. The Morgan fingerprint density at radius 3 is 2.43 bits per heavy atom. The highest BCUT2D eigenvalue weighted by Gasteiger charge is 2.14. The Balaban J connectivity index is 2.17. The Kier molecular flexibility index (Phi) is 4.77. The van der Waals surface area contributed by atoms with Gasteiger partial charge in [0.2, 0.25) is 0 Å². The molecule has 0 spiro atoms. The average Bonchev–Trinajstić information content (AvgIpc) is 2.55. The standard InChI is InChI=1S/C18H15IN2OS/c1-23-16-10-14(13-4-2-3-5-15(13)22)21-18(20)17(16)11-6-8-12(19)9-7-11/h2-10,22H,1H3,(H2,20,21). The molecular formula is C18H15IN2OS. The van der Waals surface area contributed by atoms with E-state index in [9.17, 15) is 5.11 Å². The van der Waals surface area contributed by atoms with Crippen molar-refractivity contribution in [1.29, 1.82) is 0 Å². The Bertz CT molecular complexity index is 850. The Hall–Kier alpha value is -1.73. The van der Waals surface area contributed by atoms with E-state index < -0.39 is 0 Å². The predicted molar refractivity (Wildman–Crippen MR) is 106 cm³/mol. The third-order valence-electron chi connectivity index (χ3n) is 3.54. The lowest BCUT2D eigenvalue weighted by Crippen LogP contribution is -1.99. The number of nitrogens with zero attached hydrogens (tertiary/aromatic N) is 1. The molecule has 3 rings (SSSR count). The molecule has 0 aliphatic heterocycles. The van der Waals surface area contributed by atoms with Crippen LogP contribution in [0.4, 0.5) is 5.82 Å². The van der Waals surface area contributed by atoms with Gasteiger partial charge in [0.05, 0.1) is 5.69 Å². The van der Waals surface area contributed by atoms with Gasteiger partial charge < -0.3 is 10.8 Å². The molecule has 116 valence electrons. The van der Waals surface area contributed by atoms with Crippen LogP contribution in [0, 0.1) is 3.57 Å². The summed E-state index contributed by atoms with van der Waals surface area (Å²) in [5.74, 6) is 0.671. The third-order valence-corrected chi connectivity index (χ3v) is 5.03. The number of aromatic nitrogens is 1. The number of benzene rings is 2. The number of hydrogen-bond donors (Lipinski definition) is 2. The van der Waals surface area contributed by atoms with Gasteiger partial charge >= 0.3 is 0 Å². The second kappa shape index (κ2) is 6.80. The van der Waals surface area contributed by atoms with Crippen LogP contribution in [-0.2, 0) is 0 Å². The van der Waals surface area contributed by atoms with Crippen LogP contribution in [0.15, 0.2) is 59.5 Å². The molecule has 3 aromatic rings. The van der Waals surface area contributed by atoms with Gasteiger partial charge in [-0.15, -0.1) is 11.8 Å². The van der Waals surface area contributed by atoms with E-state index in [2.05, 4.69) is 51.8 Å². The number of pyridine rings is 1. The van der Waals surface area contributed by atoms with Crippen LogP contribution >= 0.6 is 34.4 Å². The molecule has 2 aromatic carbocycles. The van der Waals surface area contributed by atoms with Crippen LogP contribution in [0.3, 0.4) is 0 Å². The van der Waals surface area contributed by atoms with Crippen molar-refractivity contribution in [1.82, 2.24) is 4.98 Å². The van der Waals surface area contributed by atoms with Gasteiger partial charge in [0.1, 0.15) is 11.6 Å². The van der Waals surface area contributed by atoms with Gasteiger partial charge in [-0.2, -0.15) is 0 Å². The fraction of sp³-hybridized carbons (Fsp3) is 0.0556. The minimum Gasteiger partial charge on any atom is -0.507 e. The zero-order valence-corrected chi connectivity index (χ0v) is 15.4. The van der Waals surface area contributed by atoms with Gasteiger partial charge in [-0.25, -0.2) is 4.98 Å². The van der Waals surface area contributed by atoms with Crippen molar-refractivity contribution in [2.45, 2.75) is 4.90 Å². The first-order valence-electron chi connectivity index (χ1n) is 6.99. The molecule has 23 heavy (non-hydrogen) atoms. The van der Waals surface area contributed by atoms with Crippen molar-refractivity contribution in [3.8, 4) is 28.1 Å². The molecule has 3 N–H and O–H groups in total. The molecule has 1 aromatic heterocycles. The summed E-state index contributed by atoms with van der Waals surface area (Å²) < 4.78 is 1.18. The zero-order valence-electron chi connectivity index (χ0n) is 12.5. The van der Waals surface area contributed by atoms with Crippen LogP contribution in [0.1, 0.15) is 0 Å². The minimum absolute atomic E-state index is 0.202. The Morgan fingerprint density at radius 2 is 1.78 bits per heavy atom. The van der Waals surface area contributed by atoms with Gasteiger partial charge in [-0.05, 0) is 64.7 Å². The second-order valence-corrected chi connectivity index (χ2v) is 7.09. The summed E-state index contributed by atoms with van der Waals surface area (Å²) in [4.78, 5) is 5.55. The molecule has 0 saturated carbocycles. The smallest absolute Gasteiger partial charge is 0.133 e. The van der Waals surface area contributed by atoms with Gasteiger partial charge in [-0.1, -0.05) is 24.3 Å². The molecule has 0 saturated heterocycles. The van der Waals surface area contributed by atoms with E-state index in [1.54, 1.807) is 23.9 Å². The first kappa shape index (κ1) is 16.1. The second-order valence-electron chi connectivity index (χ2n) is 4.99. The molecule has 3 nitrogen and oxygen atoms in total. The summed E-state index contributed by atoms with van der Waals surface area (Å²) in [7, 11) is 0. The number of hydrogen-bond acceptors (Lipinski definition) is 4. The number of anilines is 1. The van der Waals surface area contributed by atoms with Crippen LogP contribution < -0.4 is 5.73 Å². The fourth-order valence-electron chi connectivity index (χ4n) is 2.44. The first-order valence-corrected chi connectivity index (χ1v) is 9.29. The number of nitrogens with two attached hydrogens (primary N) is 1. The van der Waals surface area contributed by atoms with Crippen molar-refractivity contribution >= 4 is 40.2 Å². The van der Waals surface area contributed by atoms with E-state index >= 15 is 0 Å². The number of aromatic hydroxyl groups is 1.